The largest absolute Gasteiger partial charge is 0.478 e. The Balaban J connectivity index is 0.000000188. The molecule has 19 heteroatoms. The van der Waals surface area contributed by atoms with E-state index < -0.39 is 29.4 Å². The minimum absolute atomic E-state index is 0.000408. The summed E-state index contributed by atoms with van der Waals surface area (Å²) in [5.74, 6) is -1.29. The molecule has 0 saturated carbocycles. The number of piperidine rings is 2. The Hall–Kier alpha value is -7.28. The molecule has 6 heterocycles. The van der Waals surface area contributed by atoms with Crippen molar-refractivity contribution in [3.05, 3.63) is 126 Å². The summed E-state index contributed by atoms with van der Waals surface area (Å²) in [6, 6.07) is 17.0. The van der Waals surface area contributed by atoms with Crippen molar-refractivity contribution in [2.75, 3.05) is 23.7 Å². The number of nitrogens with one attached hydrogen (secondary N) is 5. The van der Waals surface area contributed by atoms with Gasteiger partial charge in [0.05, 0.1) is 39.9 Å². The van der Waals surface area contributed by atoms with Crippen molar-refractivity contribution in [3.63, 3.8) is 0 Å². The van der Waals surface area contributed by atoms with Gasteiger partial charge in [0.25, 0.3) is 17.0 Å². The number of carboxylic acids is 1. The van der Waals surface area contributed by atoms with E-state index >= 15 is 0 Å². The van der Waals surface area contributed by atoms with Gasteiger partial charge in [0.1, 0.15) is 11.2 Å². The monoisotopic (exact) mass is 948 g/mol. The van der Waals surface area contributed by atoms with Crippen LogP contribution in [0.3, 0.4) is 0 Å². The van der Waals surface area contributed by atoms with E-state index in [1.54, 1.807) is 94.3 Å². The molecule has 0 spiro atoms. The quantitative estimate of drug-likeness (QED) is 0.0920. The number of hydrogen-bond acceptors (Lipinski definition) is 11. The zero-order chi connectivity index (χ0) is 50.4. The molecule has 2 aromatic carbocycles. The van der Waals surface area contributed by atoms with E-state index in [1.807, 2.05) is 32.9 Å². The highest BCUT2D eigenvalue weighted by Crippen LogP contribution is 2.33. The van der Waals surface area contributed by atoms with Crippen LogP contribution in [0.15, 0.2) is 70.3 Å². The molecule has 2 saturated heterocycles. The van der Waals surface area contributed by atoms with Gasteiger partial charge in [-0.2, -0.15) is 0 Å². The first kappa shape index (κ1) is 51.1. The van der Waals surface area contributed by atoms with Crippen LogP contribution in [0.4, 0.5) is 21.0 Å². The Kier molecular flexibility index (Phi) is 15.8. The molecule has 2 fully saturated rings. The zero-order valence-corrected chi connectivity index (χ0v) is 41.0. The Labute approximate surface area is 400 Å². The Morgan fingerprint density at radius 2 is 1.14 bits per heavy atom. The number of H-pyrrole nitrogens is 2. The van der Waals surface area contributed by atoms with Gasteiger partial charge in [-0.1, -0.05) is 30.7 Å². The molecule has 2 atom stereocenters. The molecule has 2 aliphatic heterocycles. The lowest BCUT2D eigenvalue weighted by Gasteiger charge is -2.35. The second-order valence-electron chi connectivity index (χ2n) is 19.2. The van der Waals surface area contributed by atoms with E-state index in [0.717, 1.165) is 49.3 Å². The van der Waals surface area contributed by atoms with Gasteiger partial charge >= 0.3 is 18.2 Å². The van der Waals surface area contributed by atoms with Crippen LogP contribution < -0.4 is 27.1 Å². The number of hydrogen-bond donors (Lipinski definition) is 6. The van der Waals surface area contributed by atoms with Gasteiger partial charge < -0.3 is 24.8 Å². The first-order valence-electron chi connectivity index (χ1n) is 23.1. The molecular formula is C50H64N10O9. The van der Waals surface area contributed by atoms with E-state index in [2.05, 4.69) is 36.1 Å². The minimum atomic E-state index is -1.10. The fourth-order valence-corrected chi connectivity index (χ4v) is 7.98. The normalized spacial score (nSPS) is 16.1. The van der Waals surface area contributed by atoms with Gasteiger partial charge in [0.15, 0.2) is 11.3 Å². The topological polar surface area (TPSA) is 247 Å². The van der Waals surface area contributed by atoms with Crippen molar-refractivity contribution in [3.8, 4) is 0 Å². The zero-order valence-electron chi connectivity index (χ0n) is 41.0. The van der Waals surface area contributed by atoms with Crippen LogP contribution in [0.25, 0.3) is 11.3 Å². The lowest BCUT2D eigenvalue weighted by Crippen LogP contribution is -2.39. The second-order valence-corrected chi connectivity index (χ2v) is 19.2. The number of ether oxygens (including phenoxy) is 2. The number of amides is 3. The van der Waals surface area contributed by atoms with Crippen molar-refractivity contribution in [2.24, 2.45) is 0 Å². The predicted octanol–water partition coefficient (Wildman–Crippen LogP) is 8.54. The molecule has 0 radical (unpaired) electrons. The first-order chi connectivity index (χ1) is 32.5. The number of benzene rings is 2. The van der Waals surface area contributed by atoms with Gasteiger partial charge in [0.2, 0.25) is 0 Å². The summed E-state index contributed by atoms with van der Waals surface area (Å²) in [6.07, 6.45) is 4.87. The second kappa shape index (κ2) is 21.3. The Bertz CT molecular complexity index is 2970. The minimum Gasteiger partial charge on any atom is -0.478 e. The number of rotatable bonds is 6. The van der Waals surface area contributed by atoms with E-state index in [-0.39, 0.29) is 34.3 Å². The van der Waals surface area contributed by atoms with Crippen LogP contribution >= 0.6 is 0 Å². The molecule has 19 nitrogen and oxygen atoms in total. The van der Waals surface area contributed by atoms with E-state index in [0.29, 0.717) is 52.0 Å². The van der Waals surface area contributed by atoms with E-state index in [4.69, 9.17) is 14.6 Å². The van der Waals surface area contributed by atoms with E-state index in [9.17, 15) is 28.8 Å². The number of aryl methyl sites for hydroxylation is 2. The van der Waals surface area contributed by atoms with Gasteiger partial charge in [0, 0.05) is 47.2 Å². The lowest BCUT2D eigenvalue weighted by atomic mass is 9.98. The summed E-state index contributed by atoms with van der Waals surface area (Å²) >= 11 is 0. The summed E-state index contributed by atoms with van der Waals surface area (Å²) < 4.78 is 13.4. The van der Waals surface area contributed by atoms with Crippen LogP contribution in [0.2, 0.25) is 0 Å². The third-order valence-corrected chi connectivity index (χ3v) is 11.6. The molecule has 2 aliphatic rings. The fourth-order valence-electron chi connectivity index (χ4n) is 7.98. The third-order valence-electron chi connectivity index (χ3n) is 11.6. The highest BCUT2D eigenvalue weighted by atomic mass is 16.6. The summed E-state index contributed by atoms with van der Waals surface area (Å²) in [6.45, 7) is 19.4. The molecule has 0 bridgehead atoms. The average Bonchev–Trinajstić information content (AvgIpc) is 3.92. The average molecular weight is 949 g/mol. The molecule has 6 aromatic rings. The van der Waals surface area contributed by atoms with Gasteiger partial charge in [-0.3, -0.25) is 35.2 Å². The first-order valence-corrected chi connectivity index (χ1v) is 23.1. The number of para-hydroxylation sites is 2. The Morgan fingerprint density at radius 3 is 1.65 bits per heavy atom. The number of aromatic nitrogens is 6. The highest BCUT2D eigenvalue weighted by molar-refractivity contribution is 6.03. The summed E-state index contributed by atoms with van der Waals surface area (Å²) in [5.41, 5.74) is 5.47. The lowest BCUT2D eigenvalue weighted by molar-refractivity contribution is 0.0602. The number of carbonyl (C=O) groups is 4. The number of likely N-dealkylation sites (tertiary alicyclic amines) is 1. The van der Waals surface area contributed by atoms with Crippen LogP contribution in [0.1, 0.15) is 147 Å². The molecule has 3 amide bonds. The molecule has 368 valence electrons. The van der Waals surface area contributed by atoms with Crippen LogP contribution in [0, 0.1) is 27.7 Å². The van der Waals surface area contributed by atoms with Crippen molar-refractivity contribution >= 4 is 46.7 Å². The maximum absolute atomic E-state index is 13.7. The molecule has 0 aliphatic carbocycles. The number of fused-ring (bicyclic) bond motifs is 2. The molecule has 6 N–H and O–H groups in total. The number of aromatic amines is 2. The third kappa shape index (κ3) is 12.8. The standard InChI is InChI=1S/C25H31N5O4.C13H18N4O.C12H15NO4/c1-15-16(2)26-21-14-19(28-30(21)22(15)31)20-12-8-9-13-29(20)23(32)17-10-6-7-11-18(17)27-24(33)34-25(3,4)5;1-8-9(2)15-12-7-11(16-17(12)13(8)18)10-5-3-4-6-14-10;1-12(2,3)17-11(16)13-9-7-5-4-6-8(9)10(14)15/h6-7,10-11,14,20,28H,8-9,12-13H2,1-5H3,(H,27,33);7,10,14,16H,3-6H2,1-2H3;4-7H,1-3H3,(H,13,16)(H,14,15)/t20-;10-;/m00./s1. The van der Waals surface area contributed by atoms with Crippen molar-refractivity contribution in [1.29, 1.82) is 0 Å². The number of carbonyl (C=O) groups excluding carboxylic acids is 3. The summed E-state index contributed by atoms with van der Waals surface area (Å²) in [7, 11) is 0. The van der Waals surface area contributed by atoms with Crippen LogP contribution in [-0.2, 0) is 9.47 Å². The smallest absolute Gasteiger partial charge is 0.412 e. The van der Waals surface area contributed by atoms with Gasteiger partial charge in [-0.25, -0.2) is 33.4 Å². The van der Waals surface area contributed by atoms with Crippen LogP contribution in [0.5, 0.6) is 0 Å². The number of carboxylic acid groups (broad SMARTS) is 1. The maximum Gasteiger partial charge on any atom is 0.412 e. The summed E-state index contributed by atoms with van der Waals surface area (Å²) in [5, 5.41) is 23.9. The van der Waals surface area contributed by atoms with E-state index in [1.165, 1.54) is 29.5 Å². The molecular weight excluding hydrogens is 885 g/mol. The number of aromatic carboxylic acids is 1. The molecule has 4 aromatic heterocycles. The van der Waals surface area contributed by atoms with Gasteiger partial charge in [-0.05, 0) is 132 Å². The molecule has 0 unspecified atom stereocenters. The number of anilines is 2. The predicted molar refractivity (Wildman–Crippen MR) is 262 cm³/mol. The highest BCUT2D eigenvalue weighted by Gasteiger charge is 2.32. The summed E-state index contributed by atoms with van der Waals surface area (Å²) in [4.78, 5) is 84.0. The van der Waals surface area contributed by atoms with Crippen molar-refractivity contribution in [2.45, 2.75) is 131 Å². The fraction of sp³-hybridized carbons (Fsp3) is 0.440. The molecule has 69 heavy (non-hydrogen) atoms. The maximum atomic E-state index is 13.7. The van der Waals surface area contributed by atoms with Crippen molar-refractivity contribution in [1.82, 2.24) is 39.4 Å². The SMILES string of the molecule is CC(C)(C)OC(=O)Nc1ccccc1C(=O)O.Cc1nc2cc([C@@H]3CCCCN3)[nH]n2c(=O)c1C.Cc1nc2cc([C@@H]3CCCCN3C(=O)c3ccccc3NC(=O)OC(C)(C)C)[nH]n2c(=O)c1C. The van der Waals surface area contributed by atoms with Crippen LogP contribution in [-0.4, -0.2) is 87.6 Å². The molecule has 8 rings (SSSR count). The Morgan fingerprint density at radius 1 is 0.667 bits per heavy atom. The number of nitrogens with zero attached hydrogens (tertiary/aromatic N) is 5. The van der Waals surface area contributed by atoms with Crippen molar-refractivity contribution < 1.29 is 33.8 Å². The van der Waals surface area contributed by atoms with Gasteiger partial charge in [-0.15, -0.1) is 0 Å².